The van der Waals surface area contributed by atoms with Crippen molar-refractivity contribution in [3.63, 3.8) is 0 Å². The summed E-state index contributed by atoms with van der Waals surface area (Å²) in [7, 11) is 2.01. The molecule has 4 rings (SSSR count). The van der Waals surface area contributed by atoms with Gasteiger partial charge in [-0.25, -0.2) is 0 Å². The van der Waals surface area contributed by atoms with Gasteiger partial charge >= 0.3 is 5.97 Å². The number of amides is 2. The van der Waals surface area contributed by atoms with Gasteiger partial charge in [-0.1, -0.05) is 62.6 Å². The van der Waals surface area contributed by atoms with Gasteiger partial charge in [0.1, 0.15) is 6.04 Å². The molecule has 2 N–H and O–H groups in total. The topological polar surface area (TPSA) is 105 Å². The van der Waals surface area contributed by atoms with E-state index in [1.165, 1.54) is 5.56 Å². The Morgan fingerprint density at radius 2 is 1.84 bits per heavy atom. The maximum atomic E-state index is 13.3. The van der Waals surface area contributed by atoms with Gasteiger partial charge in [0.25, 0.3) is 5.91 Å². The summed E-state index contributed by atoms with van der Waals surface area (Å²) >= 11 is 0. The minimum atomic E-state index is -0.703. The van der Waals surface area contributed by atoms with Crippen molar-refractivity contribution in [1.82, 2.24) is 10.6 Å². The summed E-state index contributed by atoms with van der Waals surface area (Å²) < 4.78 is 5.33. The molecule has 1 aliphatic carbocycles. The Morgan fingerprint density at radius 1 is 1.05 bits per heavy atom. The van der Waals surface area contributed by atoms with E-state index >= 15 is 0 Å². The van der Waals surface area contributed by atoms with E-state index in [0.29, 0.717) is 30.4 Å². The van der Waals surface area contributed by atoms with Crippen LogP contribution in [0.3, 0.4) is 0 Å². The first-order valence-electron chi connectivity index (χ1n) is 13.6. The molecular weight excluding hydrogens is 482 g/mol. The first-order valence-corrected chi connectivity index (χ1v) is 13.6. The fourth-order valence-electron chi connectivity index (χ4n) is 5.25. The molecule has 0 unspecified atom stereocenters. The van der Waals surface area contributed by atoms with E-state index < -0.39 is 24.0 Å². The second kappa shape index (κ2) is 12.7. The number of likely N-dealkylation sites (N-methyl/N-ethyl adjacent to an activating group) is 1. The normalized spacial score (nSPS) is 18.9. The van der Waals surface area contributed by atoms with Crippen LogP contribution in [0.1, 0.15) is 71.7 Å². The van der Waals surface area contributed by atoms with Crippen LogP contribution in [0.2, 0.25) is 0 Å². The Hall–Kier alpha value is -3.68. The van der Waals surface area contributed by atoms with Crippen molar-refractivity contribution in [1.29, 1.82) is 0 Å². The number of nitrogens with one attached hydrogen (secondary N) is 2. The average molecular weight is 520 g/mol. The summed E-state index contributed by atoms with van der Waals surface area (Å²) in [5, 5.41) is 5.92. The van der Waals surface area contributed by atoms with E-state index in [4.69, 9.17) is 4.74 Å². The molecule has 1 heterocycles. The number of Topliss-reactive ketones (excluding diaryl/α,β-unsaturated/α-hetero) is 1. The first kappa shape index (κ1) is 27.4. The molecule has 1 fully saturated rings. The average Bonchev–Trinajstić information content (AvgIpc) is 3.55. The molecule has 0 spiro atoms. The lowest BCUT2D eigenvalue weighted by molar-refractivity contribution is -0.148. The van der Waals surface area contributed by atoms with E-state index in [0.717, 1.165) is 37.9 Å². The van der Waals surface area contributed by atoms with Gasteiger partial charge in [0.15, 0.2) is 12.4 Å². The lowest BCUT2D eigenvalue weighted by Crippen LogP contribution is -2.51. The summed E-state index contributed by atoms with van der Waals surface area (Å²) in [5.74, 6) is -1.84. The predicted molar refractivity (Wildman–Crippen MR) is 145 cm³/mol. The molecule has 2 amide bonds. The number of fused-ring (bicyclic) bond motifs is 1. The van der Waals surface area contributed by atoms with Crippen molar-refractivity contribution in [2.24, 2.45) is 5.92 Å². The number of ketones is 1. The number of carbonyl (C=O) groups is 4. The van der Waals surface area contributed by atoms with Crippen molar-refractivity contribution in [2.75, 3.05) is 25.1 Å². The fraction of sp³-hybridized carbons (Fsp3) is 0.467. The minimum absolute atomic E-state index is 0.266. The molecule has 2 aromatic carbocycles. The molecule has 2 aliphatic rings. The zero-order valence-corrected chi connectivity index (χ0v) is 22.2. The highest BCUT2D eigenvalue weighted by atomic mass is 16.5. The monoisotopic (exact) mass is 519 g/mol. The van der Waals surface area contributed by atoms with E-state index in [2.05, 4.69) is 15.5 Å². The third-order valence-electron chi connectivity index (χ3n) is 7.53. The second-order valence-corrected chi connectivity index (χ2v) is 10.2. The standard InChI is InChI=1S/C30H37N3O5/c1-3-4-12-25(32-28(35)22-15-14-20-16-17-33(2)26(20)18-22)29(36)31-24-13-8-11-23(24)30(37)38-19-27(34)21-9-6-5-7-10-21/h5-7,9-10,14-15,18,23-25H,3-4,8,11-13,16-17,19H2,1-2H3,(H,31,36)(H,32,35)/t23-,24+,25+/m1/s1. The third kappa shape index (κ3) is 6.60. The predicted octanol–water partition coefficient (Wildman–Crippen LogP) is 3.68. The van der Waals surface area contributed by atoms with Crippen LogP contribution in [0.25, 0.3) is 0 Å². The summed E-state index contributed by atoms with van der Waals surface area (Å²) in [6, 6.07) is 13.3. The number of hydrogen-bond donors (Lipinski definition) is 2. The number of rotatable bonds is 11. The Balaban J connectivity index is 1.35. The lowest BCUT2D eigenvalue weighted by Gasteiger charge is -2.24. The van der Waals surface area contributed by atoms with Crippen molar-refractivity contribution in [3.05, 3.63) is 65.2 Å². The maximum absolute atomic E-state index is 13.3. The molecule has 1 aliphatic heterocycles. The molecule has 8 heteroatoms. The van der Waals surface area contributed by atoms with Crippen LogP contribution in [0.4, 0.5) is 5.69 Å². The van der Waals surface area contributed by atoms with E-state index in [9.17, 15) is 19.2 Å². The molecule has 0 bridgehead atoms. The Kier molecular flexibility index (Phi) is 9.15. The molecule has 202 valence electrons. The highest BCUT2D eigenvalue weighted by molar-refractivity contribution is 5.99. The highest BCUT2D eigenvalue weighted by Crippen LogP contribution is 2.28. The molecule has 0 saturated heterocycles. The molecule has 3 atom stereocenters. The Morgan fingerprint density at radius 3 is 2.61 bits per heavy atom. The third-order valence-corrected chi connectivity index (χ3v) is 7.53. The second-order valence-electron chi connectivity index (χ2n) is 10.2. The summed E-state index contributed by atoms with van der Waals surface area (Å²) in [5.41, 5.74) is 3.28. The number of ether oxygens (including phenoxy) is 1. The van der Waals surface area contributed by atoms with Crippen LogP contribution < -0.4 is 15.5 Å². The zero-order valence-electron chi connectivity index (χ0n) is 22.2. The van der Waals surface area contributed by atoms with Crippen molar-refractivity contribution < 1.29 is 23.9 Å². The molecule has 8 nitrogen and oxygen atoms in total. The largest absolute Gasteiger partial charge is 0.457 e. The van der Waals surface area contributed by atoms with Gasteiger partial charge in [-0.3, -0.25) is 19.2 Å². The highest BCUT2D eigenvalue weighted by Gasteiger charge is 2.37. The number of carbonyl (C=O) groups excluding carboxylic acids is 4. The van der Waals surface area contributed by atoms with Crippen LogP contribution in [0, 0.1) is 5.92 Å². The van der Waals surface area contributed by atoms with E-state index in [1.807, 2.05) is 38.2 Å². The SMILES string of the molecule is CCCC[C@H](NC(=O)c1ccc2c(c1)N(C)CC2)C(=O)N[C@H]1CCC[C@H]1C(=O)OCC(=O)c1ccccc1. The molecule has 0 aromatic heterocycles. The van der Waals surface area contributed by atoms with Crippen molar-refractivity contribution in [3.8, 4) is 0 Å². The van der Waals surface area contributed by atoms with Gasteiger partial charge in [-0.15, -0.1) is 0 Å². The molecule has 1 saturated carbocycles. The quantitative estimate of drug-likeness (QED) is 0.347. The summed E-state index contributed by atoms with van der Waals surface area (Å²) in [6.07, 6.45) is 5.13. The Bertz CT molecular complexity index is 1170. The smallest absolute Gasteiger partial charge is 0.311 e. The van der Waals surface area contributed by atoms with Crippen LogP contribution in [0.15, 0.2) is 48.5 Å². The van der Waals surface area contributed by atoms with Gasteiger partial charge in [-0.05, 0) is 43.4 Å². The number of esters is 1. The number of benzene rings is 2. The molecule has 2 aromatic rings. The van der Waals surface area contributed by atoms with E-state index in [1.54, 1.807) is 24.3 Å². The number of hydrogen-bond acceptors (Lipinski definition) is 6. The lowest BCUT2D eigenvalue weighted by atomic mass is 10.0. The van der Waals surface area contributed by atoms with Gasteiger partial charge in [0.2, 0.25) is 5.91 Å². The van der Waals surface area contributed by atoms with Gasteiger partial charge in [-0.2, -0.15) is 0 Å². The number of unbranched alkanes of at least 4 members (excludes halogenated alkanes) is 1. The van der Waals surface area contributed by atoms with Crippen molar-refractivity contribution in [2.45, 2.75) is 64.0 Å². The number of anilines is 1. The summed E-state index contributed by atoms with van der Waals surface area (Å²) in [4.78, 5) is 53.6. The Labute approximate surface area is 224 Å². The van der Waals surface area contributed by atoms with Crippen LogP contribution in [-0.4, -0.2) is 55.8 Å². The van der Waals surface area contributed by atoms with E-state index in [-0.39, 0.29) is 24.2 Å². The van der Waals surface area contributed by atoms with Gasteiger partial charge < -0.3 is 20.3 Å². The van der Waals surface area contributed by atoms with Crippen molar-refractivity contribution >= 4 is 29.3 Å². The van der Waals surface area contributed by atoms with Crippen LogP contribution in [-0.2, 0) is 20.7 Å². The fourth-order valence-corrected chi connectivity index (χ4v) is 5.25. The van der Waals surface area contributed by atoms with Gasteiger partial charge in [0.05, 0.1) is 5.92 Å². The number of nitrogens with zero attached hydrogens (tertiary/aromatic N) is 1. The molecular formula is C30H37N3O5. The minimum Gasteiger partial charge on any atom is -0.457 e. The molecule has 38 heavy (non-hydrogen) atoms. The van der Waals surface area contributed by atoms with Crippen LogP contribution in [0.5, 0.6) is 0 Å². The zero-order chi connectivity index (χ0) is 27.1. The first-order chi connectivity index (χ1) is 18.4. The maximum Gasteiger partial charge on any atom is 0.311 e. The summed E-state index contributed by atoms with van der Waals surface area (Å²) in [6.45, 7) is 2.63. The van der Waals surface area contributed by atoms with Crippen LogP contribution >= 0.6 is 0 Å². The van der Waals surface area contributed by atoms with Gasteiger partial charge in [0, 0.05) is 36.4 Å². The molecule has 0 radical (unpaired) electrons.